The molecule has 180 valence electrons. The molecule has 8 heteroatoms. The van der Waals surface area contributed by atoms with Crippen molar-refractivity contribution in [3.63, 3.8) is 0 Å². The SMILES string of the molecule is CC(C)C[C@H](NC(=O)[C@H](N)C(C)C)C(=O)N[C@@H](CCCCN)C(=O)SCc1ccccc1. The van der Waals surface area contributed by atoms with Crippen molar-refractivity contribution >= 4 is 28.7 Å². The molecule has 0 heterocycles. The molecule has 1 aromatic rings. The molecule has 2 amide bonds. The monoisotopic (exact) mass is 464 g/mol. The van der Waals surface area contributed by atoms with Crippen molar-refractivity contribution < 1.29 is 14.4 Å². The topological polar surface area (TPSA) is 127 Å². The number of nitrogens with one attached hydrogen (secondary N) is 2. The van der Waals surface area contributed by atoms with Crippen LogP contribution in [0.5, 0.6) is 0 Å². The summed E-state index contributed by atoms with van der Waals surface area (Å²) < 4.78 is 0. The van der Waals surface area contributed by atoms with Gasteiger partial charge in [0.1, 0.15) is 6.04 Å². The number of thioether (sulfide) groups is 1. The Morgan fingerprint density at radius 2 is 1.56 bits per heavy atom. The Morgan fingerprint density at radius 3 is 2.12 bits per heavy atom. The number of hydrogen-bond donors (Lipinski definition) is 4. The molecule has 0 spiro atoms. The number of nitrogens with two attached hydrogens (primary N) is 2. The number of amides is 2. The van der Waals surface area contributed by atoms with Gasteiger partial charge in [-0.15, -0.1) is 0 Å². The summed E-state index contributed by atoms with van der Waals surface area (Å²) in [5, 5.41) is 5.58. The zero-order valence-corrected chi connectivity index (χ0v) is 20.6. The van der Waals surface area contributed by atoms with E-state index in [4.69, 9.17) is 11.5 Å². The predicted octanol–water partition coefficient (Wildman–Crippen LogP) is 2.57. The highest BCUT2D eigenvalue weighted by molar-refractivity contribution is 8.13. The second kappa shape index (κ2) is 15.0. The summed E-state index contributed by atoms with van der Waals surface area (Å²) >= 11 is 1.19. The number of carbonyl (C=O) groups is 3. The van der Waals surface area contributed by atoms with Gasteiger partial charge in [-0.1, -0.05) is 69.8 Å². The van der Waals surface area contributed by atoms with Crippen LogP contribution in [0.3, 0.4) is 0 Å². The summed E-state index contributed by atoms with van der Waals surface area (Å²) in [6.45, 7) is 8.21. The average molecular weight is 465 g/mol. The Hall–Kier alpha value is -1.90. The molecule has 6 N–H and O–H groups in total. The first-order valence-electron chi connectivity index (χ1n) is 11.4. The summed E-state index contributed by atoms with van der Waals surface area (Å²) in [7, 11) is 0. The van der Waals surface area contributed by atoms with Crippen molar-refractivity contribution in [2.45, 2.75) is 77.3 Å². The Balaban J connectivity index is 2.85. The molecule has 0 saturated heterocycles. The normalized spacial score (nSPS) is 14.1. The highest BCUT2D eigenvalue weighted by atomic mass is 32.2. The Morgan fingerprint density at radius 1 is 0.938 bits per heavy atom. The van der Waals surface area contributed by atoms with E-state index < -0.39 is 18.1 Å². The molecular formula is C24H40N4O3S. The molecule has 0 bridgehead atoms. The molecule has 1 rings (SSSR count). The molecule has 3 atom stereocenters. The van der Waals surface area contributed by atoms with Crippen LogP contribution in [0.25, 0.3) is 0 Å². The third kappa shape index (κ3) is 10.6. The number of benzene rings is 1. The van der Waals surface area contributed by atoms with Crippen LogP contribution >= 0.6 is 11.8 Å². The lowest BCUT2D eigenvalue weighted by Gasteiger charge is -2.25. The molecule has 1 aromatic carbocycles. The molecule has 0 aliphatic rings. The number of unbranched alkanes of at least 4 members (excludes halogenated alkanes) is 1. The molecule has 0 aromatic heterocycles. The first kappa shape index (κ1) is 28.1. The van der Waals surface area contributed by atoms with Crippen LogP contribution in [0, 0.1) is 11.8 Å². The molecule has 0 fully saturated rings. The minimum absolute atomic E-state index is 0.0438. The van der Waals surface area contributed by atoms with E-state index in [1.807, 2.05) is 58.0 Å². The smallest absolute Gasteiger partial charge is 0.243 e. The van der Waals surface area contributed by atoms with Gasteiger partial charge in [-0.25, -0.2) is 0 Å². The zero-order valence-electron chi connectivity index (χ0n) is 19.8. The van der Waals surface area contributed by atoms with E-state index in [2.05, 4.69) is 10.6 Å². The van der Waals surface area contributed by atoms with E-state index in [-0.39, 0.29) is 28.8 Å². The highest BCUT2D eigenvalue weighted by Crippen LogP contribution is 2.18. The van der Waals surface area contributed by atoms with Gasteiger partial charge in [0, 0.05) is 5.75 Å². The van der Waals surface area contributed by atoms with Gasteiger partial charge in [0.25, 0.3) is 0 Å². The van der Waals surface area contributed by atoms with Gasteiger partial charge in [-0.05, 0) is 49.6 Å². The molecule has 0 aliphatic heterocycles. The van der Waals surface area contributed by atoms with Crippen molar-refractivity contribution in [1.82, 2.24) is 10.6 Å². The minimum Gasteiger partial charge on any atom is -0.344 e. The first-order valence-corrected chi connectivity index (χ1v) is 12.4. The molecule has 7 nitrogen and oxygen atoms in total. The summed E-state index contributed by atoms with van der Waals surface area (Å²) in [5.41, 5.74) is 12.6. The number of hydrogen-bond acceptors (Lipinski definition) is 6. The number of carbonyl (C=O) groups excluding carboxylic acids is 3. The van der Waals surface area contributed by atoms with E-state index in [1.165, 1.54) is 11.8 Å². The molecule has 0 radical (unpaired) electrons. The maximum absolute atomic E-state index is 13.1. The van der Waals surface area contributed by atoms with E-state index in [0.29, 0.717) is 25.1 Å². The zero-order chi connectivity index (χ0) is 24.1. The first-order chi connectivity index (χ1) is 15.1. The molecule has 32 heavy (non-hydrogen) atoms. The lowest BCUT2D eigenvalue weighted by atomic mass is 10.00. The van der Waals surface area contributed by atoms with Crippen molar-refractivity contribution in [2.75, 3.05) is 6.54 Å². The van der Waals surface area contributed by atoms with Crippen LogP contribution in [0.15, 0.2) is 30.3 Å². The highest BCUT2D eigenvalue weighted by Gasteiger charge is 2.29. The van der Waals surface area contributed by atoms with E-state index in [0.717, 1.165) is 18.4 Å². The second-order valence-electron chi connectivity index (χ2n) is 8.90. The predicted molar refractivity (Wildman–Crippen MR) is 132 cm³/mol. The van der Waals surface area contributed by atoms with Crippen LogP contribution < -0.4 is 22.1 Å². The fraction of sp³-hybridized carbons (Fsp3) is 0.625. The maximum Gasteiger partial charge on any atom is 0.243 e. The van der Waals surface area contributed by atoms with Gasteiger partial charge < -0.3 is 22.1 Å². The molecule has 0 saturated carbocycles. The minimum atomic E-state index is -0.740. The summed E-state index contributed by atoms with van der Waals surface area (Å²) in [6.07, 6.45) is 2.48. The van der Waals surface area contributed by atoms with Gasteiger partial charge >= 0.3 is 0 Å². The second-order valence-corrected chi connectivity index (χ2v) is 9.88. The fourth-order valence-electron chi connectivity index (χ4n) is 3.12. The summed E-state index contributed by atoms with van der Waals surface area (Å²) in [5.74, 6) is -0.0317. The Bertz CT molecular complexity index is 712. The van der Waals surface area contributed by atoms with Gasteiger partial charge in [0.15, 0.2) is 0 Å². The van der Waals surface area contributed by atoms with Crippen LogP contribution in [0.4, 0.5) is 0 Å². The average Bonchev–Trinajstić information content (AvgIpc) is 2.76. The summed E-state index contributed by atoms with van der Waals surface area (Å²) in [6, 6.07) is 7.66. The van der Waals surface area contributed by atoms with Crippen LogP contribution in [0.2, 0.25) is 0 Å². The van der Waals surface area contributed by atoms with Gasteiger partial charge in [0.05, 0.1) is 12.1 Å². The van der Waals surface area contributed by atoms with Gasteiger partial charge in [-0.2, -0.15) is 0 Å². The van der Waals surface area contributed by atoms with Gasteiger partial charge in [0.2, 0.25) is 16.9 Å². The van der Waals surface area contributed by atoms with Crippen LogP contribution in [-0.2, 0) is 20.1 Å². The van der Waals surface area contributed by atoms with Crippen molar-refractivity contribution in [3.05, 3.63) is 35.9 Å². The molecular weight excluding hydrogens is 424 g/mol. The third-order valence-electron chi connectivity index (χ3n) is 5.13. The van der Waals surface area contributed by atoms with Crippen LogP contribution in [0.1, 0.15) is 58.9 Å². The van der Waals surface area contributed by atoms with Gasteiger partial charge in [-0.3, -0.25) is 14.4 Å². The largest absolute Gasteiger partial charge is 0.344 e. The van der Waals surface area contributed by atoms with E-state index >= 15 is 0 Å². The van der Waals surface area contributed by atoms with Crippen molar-refractivity contribution in [2.24, 2.45) is 23.3 Å². The quantitative estimate of drug-likeness (QED) is 0.313. The third-order valence-corrected chi connectivity index (χ3v) is 6.18. The lowest BCUT2D eigenvalue weighted by Crippen LogP contribution is -2.55. The lowest BCUT2D eigenvalue weighted by molar-refractivity contribution is -0.131. The van der Waals surface area contributed by atoms with Crippen molar-refractivity contribution in [3.8, 4) is 0 Å². The molecule has 0 unspecified atom stereocenters. The van der Waals surface area contributed by atoms with E-state index in [1.54, 1.807) is 0 Å². The Labute approximate surface area is 196 Å². The fourth-order valence-corrected chi connectivity index (χ4v) is 4.00. The maximum atomic E-state index is 13.1. The van der Waals surface area contributed by atoms with Crippen molar-refractivity contribution in [1.29, 1.82) is 0 Å². The van der Waals surface area contributed by atoms with E-state index in [9.17, 15) is 14.4 Å². The number of rotatable bonds is 14. The molecule has 0 aliphatic carbocycles. The summed E-state index contributed by atoms with van der Waals surface area (Å²) in [4.78, 5) is 38.5. The standard InChI is InChI=1S/C24H40N4O3S/c1-16(2)14-20(28-23(30)21(26)17(3)4)22(29)27-19(12-8-9-13-25)24(31)32-15-18-10-6-5-7-11-18/h5-7,10-11,16-17,19-21H,8-9,12-15,25-26H2,1-4H3,(H,27,29)(H,28,30)/t19-,20-,21+/m0/s1. The Kier molecular flexibility index (Phi) is 13.2. The van der Waals surface area contributed by atoms with Crippen LogP contribution in [-0.4, -0.2) is 41.6 Å².